The summed E-state index contributed by atoms with van der Waals surface area (Å²) in [6.45, 7) is 4.36. The number of carboxylic acid groups (broad SMARTS) is 1. The fourth-order valence-electron chi connectivity index (χ4n) is 6.26. The molecule has 0 aliphatic carbocycles. The number of unbranched alkanes of at least 4 members (excludes halogenated alkanes) is 1. The largest absolute Gasteiger partial charge is 0.481 e. The number of rotatable bonds is 14. The van der Waals surface area contributed by atoms with Crippen molar-refractivity contribution in [2.24, 2.45) is 5.92 Å². The van der Waals surface area contributed by atoms with Crippen LogP contribution in [0.5, 0.6) is 11.5 Å². The molecule has 222 valence electrons. The lowest BCUT2D eigenvalue weighted by Crippen LogP contribution is -2.46. The number of fused-ring (bicyclic) bond motifs is 1. The van der Waals surface area contributed by atoms with E-state index in [0.29, 0.717) is 69.0 Å². The van der Waals surface area contributed by atoms with Crippen molar-refractivity contribution in [1.29, 1.82) is 0 Å². The Hall–Kier alpha value is -2.89. The fourth-order valence-corrected chi connectivity index (χ4v) is 6.26. The van der Waals surface area contributed by atoms with Crippen molar-refractivity contribution in [2.45, 2.75) is 70.4 Å². The Labute approximate surface area is 235 Å². The zero-order valence-corrected chi connectivity index (χ0v) is 23.4. The van der Waals surface area contributed by atoms with Gasteiger partial charge in [0.1, 0.15) is 0 Å². The predicted octanol–water partition coefficient (Wildman–Crippen LogP) is 1.79. The van der Waals surface area contributed by atoms with Crippen molar-refractivity contribution in [3.8, 4) is 11.5 Å². The molecule has 0 bridgehead atoms. The van der Waals surface area contributed by atoms with E-state index in [1.165, 1.54) is 0 Å². The summed E-state index contributed by atoms with van der Waals surface area (Å²) in [5.41, 5.74) is 1.26. The molecule has 0 aromatic heterocycles. The molecule has 0 radical (unpaired) electrons. The van der Waals surface area contributed by atoms with E-state index in [-0.39, 0.29) is 38.4 Å². The molecule has 3 N–H and O–H groups in total. The molecule has 40 heavy (non-hydrogen) atoms. The number of hydrogen-bond donors (Lipinski definition) is 3. The highest BCUT2D eigenvalue weighted by molar-refractivity contribution is 5.79. The lowest BCUT2D eigenvalue weighted by molar-refractivity contribution is -0.144. The standard InChI is InChI=1S/C29H43N3O8/c1-2-3-9-30(11-6-13-33)26(36)17-32-16-22(20-14-21(18-34)28-24(15-20)39-19-40-28)27(29(37)38)23(32)8-12-31-10-5-4-7-25(31)35/h14-15,22-23,27,33-34H,2-13,16-19H2,1H3,(H,37,38)/t22-,23+,27-/m1/s1. The van der Waals surface area contributed by atoms with Gasteiger partial charge in [0, 0.05) is 63.3 Å². The number of hydrogen-bond acceptors (Lipinski definition) is 8. The molecule has 1 aromatic rings. The van der Waals surface area contributed by atoms with E-state index in [2.05, 4.69) is 6.92 Å². The second kappa shape index (κ2) is 14.1. The average molecular weight is 562 g/mol. The van der Waals surface area contributed by atoms with Crippen LogP contribution in [0.4, 0.5) is 0 Å². The normalized spacial score (nSPS) is 22.6. The number of amides is 2. The van der Waals surface area contributed by atoms with Gasteiger partial charge in [0.05, 0.1) is 19.1 Å². The topological polar surface area (TPSA) is 140 Å². The molecule has 3 aliphatic rings. The summed E-state index contributed by atoms with van der Waals surface area (Å²) in [4.78, 5) is 44.4. The summed E-state index contributed by atoms with van der Waals surface area (Å²) in [5.74, 6) is -1.28. The molecule has 0 saturated carbocycles. The first-order valence-corrected chi connectivity index (χ1v) is 14.5. The van der Waals surface area contributed by atoms with Crippen LogP contribution in [0, 0.1) is 5.92 Å². The molecule has 2 amide bonds. The second-order valence-electron chi connectivity index (χ2n) is 11.0. The predicted molar refractivity (Wildman–Crippen MR) is 146 cm³/mol. The molecule has 3 aliphatic heterocycles. The molecular formula is C29H43N3O8. The fraction of sp³-hybridized carbons (Fsp3) is 0.690. The highest BCUT2D eigenvalue weighted by Crippen LogP contribution is 2.44. The van der Waals surface area contributed by atoms with Crippen LogP contribution in [0.15, 0.2) is 12.1 Å². The van der Waals surface area contributed by atoms with Gasteiger partial charge in [-0.1, -0.05) is 13.3 Å². The Morgan fingerprint density at radius 2 is 1.93 bits per heavy atom. The molecule has 3 atom stereocenters. The van der Waals surface area contributed by atoms with E-state index in [1.807, 2.05) is 9.80 Å². The molecular weight excluding hydrogens is 518 g/mol. The van der Waals surface area contributed by atoms with E-state index in [4.69, 9.17) is 9.47 Å². The Balaban J connectivity index is 1.62. The first kappa shape index (κ1) is 30.1. The Kier molecular flexibility index (Phi) is 10.6. The number of aliphatic carboxylic acids is 1. The maximum atomic E-state index is 13.5. The first-order valence-electron chi connectivity index (χ1n) is 14.5. The highest BCUT2D eigenvalue weighted by Gasteiger charge is 2.47. The number of carboxylic acids is 1. The number of piperidine rings is 1. The van der Waals surface area contributed by atoms with Gasteiger partial charge in [-0.25, -0.2) is 0 Å². The third-order valence-corrected chi connectivity index (χ3v) is 8.38. The second-order valence-corrected chi connectivity index (χ2v) is 11.0. The summed E-state index contributed by atoms with van der Waals surface area (Å²) >= 11 is 0. The van der Waals surface area contributed by atoms with E-state index in [0.717, 1.165) is 31.2 Å². The van der Waals surface area contributed by atoms with Crippen LogP contribution in [0.25, 0.3) is 0 Å². The maximum absolute atomic E-state index is 13.5. The maximum Gasteiger partial charge on any atom is 0.308 e. The molecule has 11 nitrogen and oxygen atoms in total. The van der Waals surface area contributed by atoms with Gasteiger partial charge in [-0.05, 0) is 49.8 Å². The lowest BCUT2D eigenvalue weighted by atomic mass is 9.83. The number of ether oxygens (including phenoxy) is 2. The quantitative estimate of drug-likeness (QED) is 0.310. The van der Waals surface area contributed by atoms with Crippen molar-refractivity contribution in [3.05, 3.63) is 23.3 Å². The molecule has 11 heteroatoms. The summed E-state index contributed by atoms with van der Waals surface area (Å²) in [5, 5.41) is 29.8. The Bertz CT molecular complexity index is 1040. The number of nitrogens with zero attached hydrogens (tertiary/aromatic N) is 3. The molecule has 0 spiro atoms. The zero-order valence-electron chi connectivity index (χ0n) is 23.4. The molecule has 1 aromatic carbocycles. The highest BCUT2D eigenvalue weighted by atomic mass is 16.7. The summed E-state index contributed by atoms with van der Waals surface area (Å²) < 4.78 is 11.1. The summed E-state index contributed by atoms with van der Waals surface area (Å²) in [6.07, 6.45) is 5.02. The van der Waals surface area contributed by atoms with E-state index in [9.17, 15) is 29.7 Å². The van der Waals surface area contributed by atoms with Crippen LogP contribution in [0.2, 0.25) is 0 Å². The third-order valence-electron chi connectivity index (χ3n) is 8.38. The van der Waals surface area contributed by atoms with Gasteiger partial charge in [-0.15, -0.1) is 0 Å². The van der Waals surface area contributed by atoms with Crippen LogP contribution < -0.4 is 9.47 Å². The minimum atomic E-state index is -0.957. The van der Waals surface area contributed by atoms with E-state index in [1.54, 1.807) is 17.0 Å². The van der Waals surface area contributed by atoms with E-state index < -0.39 is 23.8 Å². The summed E-state index contributed by atoms with van der Waals surface area (Å²) in [6, 6.07) is 3.10. The Morgan fingerprint density at radius 1 is 1.12 bits per heavy atom. The monoisotopic (exact) mass is 561 g/mol. The number of carbonyl (C=O) groups excluding carboxylic acids is 2. The van der Waals surface area contributed by atoms with Crippen molar-refractivity contribution in [2.75, 3.05) is 52.7 Å². The number of carbonyl (C=O) groups is 3. The number of aliphatic hydroxyl groups is 2. The first-order chi connectivity index (χ1) is 19.4. The van der Waals surface area contributed by atoms with Gasteiger partial charge in [-0.2, -0.15) is 0 Å². The lowest BCUT2D eigenvalue weighted by Gasteiger charge is -2.32. The molecule has 3 heterocycles. The van der Waals surface area contributed by atoms with Crippen LogP contribution in [-0.2, 0) is 21.0 Å². The number of benzene rings is 1. The van der Waals surface area contributed by atoms with Crippen molar-refractivity contribution >= 4 is 17.8 Å². The van der Waals surface area contributed by atoms with Crippen LogP contribution in [-0.4, -0.2) is 107 Å². The third kappa shape index (κ3) is 6.87. The smallest absolute Gasteiger partial charge is 0.308 e. The average Bonchev–Trinajstić information content (AvgIpc) is 3.57. The van der Waals surface area contributed by atoms with Crippen LogP contribution >= 0.6 is 0 Å². The number of likely N-dealkylation sites (tertiary alicyclic amines) is 2. The van der Waals surface area contributed by atoms with Gasteiger partial charge >= 0.3 is 5.97 Å². The van der Waals surface area contributed by atoms with Gasteiger partial charge in [-0.3, -0.25) is 19.3 Å². The SMILES string of the molecule is CCCCN(CCCO)C(=O)CN1C[C@H](c2cc(CO)c3c(c2)OCO3)[C@@H](C(=O)O)[C@@H]1CCN1CCCCC1=O. The van der Waals surface area contributed by atoms with Gasteiger partial charge in [0.2, 0.25) is 18.6 Å². The number of aliphatic hydroxyl groups excluding tert-OH is 2. The van der Waals surface area contributed by atoms with Crippen LogP contribution in [0.3, 0.4) is 0 Å². The Morgan fingerprint density at radius 3 is 2.62 bits per heavy atom. The van der Waals surface area contributed by atoms with Crippen molar-refractivity contribution in [3.63, 3.8) is 0 Å². The minimum absolute atomic E-state index is 0.00737. The molecule has 4 rings (SSSR count). The van der Waals surface area contributed by atoms with Gasteiger partial charge in [0.25, 0.3) is 0 Å². The van der Waals surface area contributed by atoms with Gasteiger partial charge < -0.3 is 34.6 Å². The molecule has 0 unspecified atom stereocenters. The van der Waals surface area contributed by atoms with Gasteiger partial charge in [0.15, 0.2) is 11.5 Å². The van der Waals surface area contributed by atoms with Crippen molar-refractivity contribution in [1.82, 2.24) is 14.7 Å². The minimum Gasteiger partial charge on any atom is -0.481 e. The van der Waals surface area contributed by atoms with Crippen LogP contribution in [0.1, 0.15) is 68.9 Å². The summed E-state index contributed by atoms with van der Waals surface area (Å²) in [7, 11) is 0. The van der Waals surface area contributed by atoms with E-state index >= 15 is 0 Å². The molecule has 2 saturated heterocycles. The zero-order chi connectivity index (χ0) is 28.6. The van der Waals surface area contributed by atoms with Crippen molar-refractivity contribution < 1.29 is 39.2 Å². The molecule has 2 fully saturated rings.